The summed E-state index contributed by atoms with van der Waals surface area (Å²) >= 11 is 0. The Hall–Kier alpha value is 0.665. The standard InChI is InChI=1S/C11H16N2O9.2Li.2Na.4H/c12-5(9(16)17)1-3-7(14)21-11(20)22-8(15)4-2-6(13)10(18)19;;;;;;;;/h5-6H,1-4,12-13H2,(H,16,17)(H,18,19);;;;;;;;/t5-,6-;;;;;;;;/m0......../s1. The van der Waals surface area contributed by atoms with E-state index in [4.69, 9.17) is 21.7 Å². The number of rotatable bonds is 8. The van der Waals surface area contributed by atoms with Crippen LogP contribution in [0.2, 0.25) is 0 Å². The van der Waals surface area contributed by atoms with Crippen molar-refractivity contribution in [3.8, 4) is 0 Å². The van der Waals surface area contributed by atoms with Gasteiger partial charge in [-0.15, -0.1) is 0 Å². The number of carbonyl (C=O) groups is 5. The fraction of sp³-hybridized carbons (Fsp3) is 0.545. The van der Waals surface area contributed by atoms with E-state index in [0.717, 1.165) is 0 Å². The van der Waals surface area contributed by atoms with Gasteiger partial charge in [-0.25, -0.2) is 4.79 Å². The maximum atomic E-state index is 11.1. The van der Waals surface area contributed by atoms with Crippen LogP contribution in [0.4, 0.5) is 4.79 Å². The second kappa shape index (κ2) is 20.4. The predicted octanol–water partition coefficient (Wildman–Crippen LogP) is -4.02. The summed E-state index contributed by atoms with van der Waals surface area (Å²) in [6.45, 7) is 0. The van der Waals surface area contributed by atoms with Crippen molar-refractivity contribution in [2.45, 2.75) is 37.8 Å². The van der Waals surface area contributed by atoms with Crippen LogP contribution in [0.15, 0.2) is 0 Å². The first kappa shape index (κ1) is 37.4. The quantitative estimate of drug-likeness (QED) is 0.181. The second-order valence-electron chi connectivity index (χ2n) is 4.16. The van der Waals surface area contributed by atoms with E-state index in [0.29, 0.717) is 0 Å². The first-order chi connectivity index (χ1) is 10.1. The Morgan fingerprint density at radius 1 is 0.731 bits per heavy atom. The summed E-state index contributed by atoms with van der Waals surface area (Å²) in [5, 5.41) is 16.9. The molecule has 0 aromatic heterocycles. The molecule has 26 heavy (non-hydrogen) atoms. The van der Waals surface area contributed by atoms with Crippen LogP contribution in [0.1, 0.15) is 25.7 Å². The van der Waals surface area contributed by atoms with Crippen molar-refractivity contribution in [3.63, 3.8) is 0 Å². The number of carboxylic acids is 2. The number of carboxylic acid groups (broad SMARTS) is 2. The fourth-order valence-corrected chi connectivity index (χ4v) is 1.10. The molecule has 6 N–H and O–H groups in total. The van der Waals surface area contributed by atoms with E-state index >= 15 is 0 Å². The van der Waals surface area contributed by atoms with E-state index < -0.39 is 55.0 Å². The van der Waals surface area contributed by atoms with Gasteiger partial charge in [-0.2, -0.15) is 0 Å². The molecule has 0 aromatic carbocycles. The number of hydrogen-bond donors (Lipinski definition) is 4. The van der Waals surface area contributed by atoms with Gasteiger partial charge in [0.1, 0.15) is 12.1 Å². The Bertz CT molecular complexity index is 443. The summed E-state index contributed by atoms with van der Waals surface area (Å²) in [5.74, 6) is -4.87. The van der Waals surface area contributed by atoms with Crippen molar-refractivity contribution in [2.24, 2.45) is 11.5 Å². The van der Waals surface area contributed by atoms with E-state index in [-0.39, 0.29) is 110 Å². The van der Waals surface area contributed by atoms with E-state index in [2.05, 4.69) is 9.47 Å². The van der Waals surface area contributed by atoms with Gasteiger partial charge < -0.3 is 31.2 Å². The summed E-state index contributed by atoms with van der Waals surface area (Å²) in [7, 11) is 0. The molecule has 0 spiro atoms. The predicted molar refractivity (Wildman–Crippen MR) is 95.9 cm³/mol. The average Bonchev–Trinajstić information content (AvgIpc) is 2.41. The summed E-state index contributed by atoms with van der Waals surface area (Å²) in [4.78, 5) is 54.1. The minimum absolute atomic E-state index is 0. The molecular weight excluding hydrogens is 364 g/mol. The van der Waals surface area contributed by atoms with Gasteiger partial charge >= 0.3 is 127 Å². The van der Waals surface area contributed by atoms with Crippen LogP contribution < -0.4 is 11.5 Å². The van der Waals surface area contributed by atoms with E-state index in [1.807, 2.05) is 0 Å². The Labute approximate surface area is 217 Å². The Balaban J connectivity index is -0.000000367. The Morgan fingerprint density at radius 3 is 1.23 bits per heavy atom. The van der Waals surface area contributed by atoms with Crippen molar-refractivity contribution in [2.75, 3.05) is 0 Å². The maximum absolute atomic E-state index is 11.1. The zero-order valence-corrected chi connectivity index (χ0v) is 11.4. The molecule has 0 rings (SSSR count). The third-order valence-electron chi connectivity index (χ3n) is 2.35. The van der Waals surface area contributed by atoms with E-state index in [1.54, 1.807) is 0 Å². The first-order valence-electron chi connectivity index (χ1n) is 6.05. The molecule has 0 aromatic rings. The fourth-order valence-electron chi connectivity index (χ4n) is 1.10. The van der Waals surface area contributed by atoms with Gasteiger partial charge in [0.05, 0.1) is 0 Å². The SMILES string of the molecule is N[C@@H](CCC(=O)OC(=O)OC(=O)CC[C@H](N)C(=O)O)C(=O)O.[LiH].[LiH].[NaH].[NaH]. The molecule has 0 radical (unpaired) electrons. The number of esters is 2. The normalized spacial score (nSPS) is 10.8. The molecule has 2 atom stereocenters. The summed E-state index contributed by atoms with van der Waals surface area (Å²) in [6.07, 6.45) is -3.03. The second-order valence-corrected chi connectivity index (χ2v) is 4.16. The molecule has 0 aliphatic heterocycles. The molecule has 15 heteroatoms. The summed E-state index contributed by atoms with van der Waals surface area (Å²) in [6, 6.07) is -2.58. The molecule has 0 amide bonds. The van der Waals surface area contributed by atoms with Gasteiger partial charge in [-0.3, -0.25) is 19.2 Å². The molecular formula is C11H20Li2N2Na2O9. The van der Waals surface area contributed by atoms with Crippen LogP contribution in [0.3, 0.4) is 0 Å². The van der Waals surface area contributed by atoms with Gasteiger partial charge in [0.15, 0.2) is 0 Å². The van der Waals surface area contributed by atoms with Gasteiger partial charge in [0.25, 0.3) is 0 Å². The Morgan fingerprint density at radius 2 is 1.00 bits per heavy atom. The number of carbonyl (C=O) groups excluding carboxylic acids is 3. The van der Waals surface area contributed by atoms with Crippen LogP contribution in [0, 0.1) is 0 Å². The zero-order chi connectivity index (χ0) is 17.3. The summed E-state index contributed by atoms with van der Waals surface area (Å²) in [5.41, 5.74) is 10.3. The van der Waals surface area contributed by atoms with Crippen molar-refractivity contribution >= 4 is 127 Å². The number of nitrogens with two attached hydrogens (primary N) is 2. The monoisotopic (exact) mass is 384 g/mol. The molecule has 132 valence electrons. The number of ether oxygens (including phenoxy) is 2. The number of aliphatic carboxylic acids is 2. The minimum atomic E-state index is -1.59. The molecule has 0 aliphatic rings. The van der Waals surface area contributed by atoms with Crippen molar-refractivity contribution in [3.05, 3.63) is 0 Å². The van der Waals surface area contributed by atoms with Gasteiger partial charge in [0.2, 0.25) is 0 Å². The van der Waals surface area contributed by atoms with Crippen LogP contribution >= 0.6 is 0 Å². The summed E-state index contributed by atoms with van der Waals surface area (Å²) < 4.78 is 8.18. The van der Waals surface area contributed by atoms with Crippen LogP contribution in [0.25, 0.3) is 0 Å². The van der Waals surface area contributed by atoms with Gasteiger partial charge in [-0.05, 0) is 12.8 Å². The van der Waals surface area contributed by atoms with E-state index in [9.17, 15) is 24.0 Å². The Kier molecular flexibility index (Phi) is 29.4. The van der Waals surface area contributed by atoms with Crippen molar-refractivity contribution in [1.82, 2.24) is 0 Å². The molecule has 0 bridgehead atoms. The molecule has 0 fully saturated rings. The molecule has 0 saturated carbocycles. The molecule has 0 saturated heterocycles. The molecule has 0 aliphatic carbocycles. The molecule has 11 nitrogen and oxygen atoms in total. The molecule has 0 heterocycles. The van der Waals surface area contributed by atoms with Gasteiger partial charge in [-0.1, -0.05) is 0 Å². The van der Waals surface area contributed by atoms with E-state index in [1.165, 1.54) is 0 Å². The van der Waals surface area contributed by atoms with Crippen LogP contribution in [-0.4, -0.2) is 149 Å². The van der Waals surface area contributed by atoms with Crippen molar-refractivity contribution in [1.29, 1.82) is 0 Å². The first-order valence-corrected chi connectivity index (χ1v) is 6.05. The topological polar surface area (TPSA) is 196 Å². The number of hydrogen-bond acceptors (Lipinski definition) is 9. The van der Waals surface area contributed by atoms with Crippen molar-refractivity contribution < 1.29 is 43.7 Å². The van der Waals surface area contributed by atoms with Crippen LogP contribution in [0.5, 0.6) is 0 Å². The third kappa shape index (κ3) is 19.4. The third-order valence-corrected chi connectivity index (χ3v) is 2.35. The van der Waals surface area contributed by atoms with Crippen LogP contribution in [-0.2, 0) is 28.7 Å². The van der Waals surface area contributed by atoms with Gasteiger partial charge in [0, 0.05) is 12.8 Å². The average molecular weight is 384 g/mol. The zero-order valence-electron chi connectivity index (χ0n) is 11.4. The molecule has 0 unspecified atom stereocenters.